The van der Waals surface area contributed by atoms with Crippen LogP contribution in [-0.4, -0.2) is 19.2 Å². The third-order valence-electron chi connectivity index (χ3n) is 5.03. The maximum absolute atomic E-state index is 13.9. The van der Waals surface area contributed by atoms with Gasteiger partial charge in [0.1, 0.15) is 12.1 Å². The molecule has 134 valence electrons. The number of ether oxygens (including phenoxy) is 1. The number of benzene rings is 3. The van der Waals surface area contributed by atoms with Crippen LogP contribution in [0.1, 0.15) is 16.7 Å². The minimum Gasteiger partial charge on any atom is -0.357 e. The van der Waals surface area contributed by atoms with Gasteiger partial charge in [0.25, 0.3) is 0 Å². The predicted octanol–water partition coefficient (Wildman–Crippen LogP) is 4.53. The van der Waals surface area contributed by atoms with Gasteiger partial charge in [-0.1, -0.05) is 84.9 Å². The monoisotopic (exact) mass is 355 g/mol. The van der Waals surface area contributed by atoms with Crippen LogP contribution in [0.25, 0.3) is 0 Å². The molecule has 0 bridgehead atoms. The molecule has 3 aromatic rings. The van der Waals surface area contributed by atoms with Crippen molar-refractivity contribution in [2.45, 2.75) is 5.41 Å². The molecule has 1 aliphatic heterocycles. The highest BCUT2D eigenvalue weighted by atomic mass is 16.5. The lowest BCUT2D eigenvalue weighted by atomic mass is 9.70. The average Bonchev–Trinajstić information content (AvgIpc) is 2.98. The number of para-hydroxylation sites is 1. The lowest BCUT2D eigenvalue weighted by molar-refractivity contribution is -0.121. The first kappa shape index (κ1) is 17.3. The van der Waals surface area contributed by atoms with Crippen LogP contribution in [0.5, 0.6) is 0 Å². The van der Waals surface area contributed by atoms with E-state index >= 15 is 0 Å². The molecule has 1 amide bonds. The number of nitrogens with zero attached hydrogens (tertiary/aromatic N) is 1. The van der Waals surface area contributed by atoms with Crippen molar-refractivity contribution in [2.75, 3.05) is 18.2 Å². The molecule has 3 heteroatoms. The molecular formula is C24H21NO2. The summed E-state index contributed by atoms with van der Waals surface area (Å²) < 4.78 is 5.65. The molecule has 0 spiro atoms. The topological polar surface area (TPSA) is 29.5 Å². The summed E-state index contributed by atoms with van der Waals surface area (Å²) in [5.74, 6) is 0.00478. The summed E-state index contributed by atoms with van der Waals surface area (Å²) in [7, 11) is 0. The first-order chi connectivity index (χ1) is 13.3. The molecule has 0 saturated carbocycles. The number of fused-ring (bicyclic) bond motifs is 1. The van der Waals surface area contributed by atoms with E-state index in [9.17, 15) is 4.79 Å². The van der Waals surface area contributed by atoms with Gasteiger partial charge < -0.3 is 4.74 Å². The Labute approximate surface area is 159 Å². The van der Waals surface area contributed by atoms with Crippen LogP contribution in [0, 0.1) is 0 Å². The lowest BCUT2D eigenvalue weighted by Crippen LogP contribution is -2.43. The highest BCUT2D eigenvalue weighted by Gasteiger charge is 2.53. The number of hydrogen-bond acceptors (Lipinski definition) is 2. The van der Waals surface area contributed by atoms with Crippen LogP contribution in [-0.2, 0) is 14.9 Å². The molecule has 1 aliphatic rings. The summed E-state index contributed by atoms with van der Waals surface area (Å²) >= 11 is 0. The quantitative estimate of drug-likeness (QED) is 0.480. The second-order valence-electron chi connectivity index (χ2n) is 6.52. The van der Waals surface area contributed by atoms with Gasteiger partial charge in [-0.25, -0.2) is 0 Å². The van der Waals surface area contributed by atoms with Crippen molar-refractivity contribution in [3.05, 3.63) is 114 Å². The van der Waals surface area contributed by atoms with E-state index in [1.165, 1.54) is 0 Å². The summed E-state index contributed by atoms with van der Waals surface area (Å²) in [5.41, 5.74) is 2.91. The Hall–Kier alpha value is -3.17. The second kappa shape index (κ2) is 7.22. The highest BCUT2D eigenvalue weighted by molar-refractivity contribution is 6.12. The second-order valence-corrected chi connectivity index (χ2v) is 6.52. The minimum atomic E-state index is -0.878. The Morgan fingerprint density at radius 3 is 2.00 bits per heavy atom. The van der Waals surface area contributed by atoms with E-state index in [0.29, 0.717) is 6.61 Å². The Morgan fingerprint density at radius 1 is 0.852 bits per heavy atom. The molecule has 0 N–H and O–H groups in total. The largest absolute Gasteiger partial charge is 0.357 e. The van der Waals surface area contributed by atoms with Gasteiger partial charge >= 0.3 is 0 Å². The van der Waals surface area contributed by atoms with Gasteiger partial charge in [0.05, 0.1) is 12.3 Å². The van der Waals surface area contributed by atoms with Crippen molar-refractivity contribution in [1.82, 2.24) is 0 Å². The highest BCUT2D eigenvalue weighted by Crippen LogP contribution is 2.50. The normalized spacial score (nSPS) is 14.8. The van der Waals surface area contributed by atoms with Gasteiger partial charge in [0, 0.05) is 5.56 Å². The van der Waals surface area contributed by atoms with Gasteiger partial charge in [-0.15, -0.1) is 6.58 Å². The standard InChI is InChI=1S/C24H21NO2/c1-2-17-27-18-25-22-16-10-9-15-21(22)24(23(25)26,19-11-5-3-6-12-19)20-13-7-4-8-14-20/h2-16H,1,17-18H2. The van der Waals surface area contributed by atoms with E-state index in [1.54, 1.807) is 11.0 Å². The van der Waals surface area contributed by atoms with E-state index in [4.69, 9.17) is 4.74 Å². The van der Waals surface area contributed by atoms with Gasteiger partial charge in [-0.2, -0.15) is 0 Å². The molecule has 27 heavy (non-hydrogen) atoms. The molecule has 3 aromatic carbocycles. The van der Waals surface area contributed by atoms with Crippen LogP contribution in [0.15, 0.2) is 97.6 Å². The number of anilines is 1. The van der Waals surface area contributed by atoms with E-state index < -0.39 is 5.41 Å². The van der Waals surface area contributed by atoms with E-state index in [1.807, 2.05) is 84.9 Å². The molecule has 0 aromatic heterocycles. The molecule has 0 unspecified atom stereocenters. The fourth-order valence-electron chi connectivity index (χ4n) is 3.91. The van der Waals surface area contributed by atoms with Crippen LogP contribution < -0.4 is 4.90 Å². The van der Waals surface area contributed by atoms with Crippen molar-refractivity contribution in [3.8, 4) is 0 Å². The van der Waals surface area contributed by atoms with Crippen molar-refractivity contribution in [1.29, 1.82) is 0 Å². The first-order valence-corrected chi connectivity index (χ1v) is 9.01. The number of rotatable bonds is 6. The fraction of sp³-hybridized carbons (Fsp3) is 0.125. The SMILES string of the molecule is C=CCOCN1C(=O)C(c2ccccc2)(c2ccccc2)c2ccccc21. The van der Waals surface area contributed by atoms with Crippen LogP contribution in [0.3, 0.4) is 0 Å². The van der Waals surface area contributed by atoms with Crippen LogP contribution in [0.4, 0.5) is 5.69 Å². The van der Waals surface area contributed by atoms with E-state index in [-0.39, 0.29) is 12.6 Å². The fourth-order valence-corrected chi connectivity index (χ4v) is 3.91. The predicted molar refractivity (Wildman–Crippen MR) is 108 cm³/mol. The van der Waals surface area contributed by atoms with Gasteiger partial charge in [0.15, 0.2) is 0 Å². The summed E-state index contributed by atoms with van der Waals surface area (Å²) in [4.78, 5) is 15.6. The van der Waals surface area contributed by atoms with Gasteiger partial charge in [0.2, 0.25) is 5.91 Å². The van der Waals surface area contributed by atoms with Crippen molar-refractivity contribution >= 4 is 11.6 Å². The molecule has 0 fully saturated rings. The van der Waals surface area contributed by atoms with E-state index in [2.05, 4.69) is 6.58 Å². The molecule has 4 rings (SSSR count). The van der Waals surface area contributed by atoms with E-state index in [0.717, 1.165) is 22.4 Å². The average molecular weight is 355 g/mol. The smallest absolute Gasteiger partial charge is 0.248 e. The van der Waals surface area contributed by atoms with Crippen LogP contribution in [0.2, 0.25) is 0 Å². The Kier molecular flexibility index (Phi) is 4.61. The Morgan fingerprint density at radius 2 is 1.41 bits per heavy atom. The maximum Gasteiger partial charge on any atom is 0.248 e. The summed E-state index contributed by atoms with van der Waals surface area (Å²) in [6.45, 7) is 4.28. The molecular weight excluding hydrogens is 334 g/mol. The number of hydrogen-bond donors (Lipinski definition) is 0. The maximum atomic E-state index is 13.9. The Balaban J connectivity index is 1.96. The Bertz CT molecular complexity index is 911. The van der Waals surface area contributed by atoms with Crippen molar-refractivity contribution in [3.63, 3.8) is 0 Å². The number of carbonyl (C=O) groups is 1. The number of amides is 1. The third kappa shape index (κ3) is 2.68. The zero-order valence-corrected chi connectivity index (χ0v) is 15.0. The molecule has 3 nitrogen and oxygen atoms in total. The van der Waals surface area contributed by atoms with Crippen molar-refractivity contribution < 1.29 is 9.53 Å². The van der Waals surface area contributed by atoms with Gasteiger partial charge in [-0.05, 0) is 17.2 Å². The zero-order chi connectivity index (χ0) is 18.7. The van der Waals surface area contributed by atoms with Crippen LogP contribution >= 0.6 is 0 Å². The third-order valence-corrected chi connectivity index (χ3v) is 5.03. The molecule has 0 saturated heterocycles. The summed E-state index contributed by atoms with van der Waals surface area (Å²) in [6, 6.07) is 27.9. The number of carbonyl (C=O) groups excluding carboxylic acids is 1. The molecule has 1 heterocycles. The summed E-state index contributed by atoms with van der Waals surface area (Å²) in [5, 5.41) is 0. The first-order valence-electron chi connectivity index (χ1n) is 9.01. The molecule has 0 radical (unpaired) electrons. The molecule has 0 aliphatic carbocycles. The minimum absolute atomic E-state index is 0.00478. The van der Waals surface area contributed by atoms with Gasteiger partial charge in [-0.3, -0.25) is 9.69 Å². The van der Waals surface area contributed by atoms with Crippen molar-refractivity contribution in [2.24, 2.45) is 0 Å². The lowest BCUT2D eigenvalue weighted by Gasteiger charge is -2.30. The molecule has 0 atom stereocenters. The summed E-state index contributed by atoms with van der Waals surface area (Å²) in [6.07, 6.45) is 1.69. The zero-order valence-electron chi connectivity index (χ0n) is 15.0.